The van der Waals surface area contributed by atoms with Crippen LogP contribution in [0, 0.1) is 0 Å². The van der Waals surface area contributed by atoms with Crippen molar-refractivity contribution < 1.29 is 19.8 Å². The van der Waals surface area contributed by atoms with Gasteiger partial charge < -0.3 is 20.4 Å². The van der Waals surface area contributed by atoms with Crippen molar-refractivity contribution in [3.63, 3.8) is 0 Å². The molecule has 0 saturated carbocycles. The molecule has 2 amide bonds. The number of hydrogen-bond acceptors (Lipinski definition) is 5. The number of hydrogen-bond donors (Lipinski definition) is 3. The molecule has 0 radical (unpaired) electrons. The molecule has 1 unspecified atom stereocenters. The average Bonchev–Trinajstić information content (AvgIpc) is 3.53. The maximum atomic E-state index is 12.9. The highest BCUT2D eigenvalue weighted by molar-refractivity contribution is 7.10. The minimum Gasteiger partial charge on any atom is -0.380 e. The van der Waals surface area contributed by atoms with Gasteiger partial charge in [-0.25, -0.2) is 0 Å². The van der Waals surface area contributed by atoms with E-state index in [0.717, 1.165) is 37.0 Å². The van der Waals surface area contributed by atoms with Crippen molar-refractivity contribution in [3.05, 3.63) is 81.6 Å². The minimum atomic E-state index is -1.79. The molecule has 3 atom stereocenters. The Morgan fingerprint density at radius 2 is 1.97 bits per heavy atom. The number of rotatable bonds is 9. The summed E-state index contributed by atoms with van der Waals surface area (Å²) in [6, 6.07) is 12.3. The monoisotopic (exact) mass is 480 g/mol. The quantitative estimate of drug-likeness (QED) is 0.515. The lowest BCUT2D eigenvalue weighted by molar-refractivity contribution is -0.153. The van der Waals surface area contributed by atoms with Crippen LogP contribution in [0.25, 0.3) is 0 Å². The predicted molar refractivity (Wildman–Crippen MR) is 133 cm³/mol. The highest BCUT2D eigenvalue weighted by Gasteiger charge is 2.38. The number of carbonyl (C=O) groups excluding carboxylic acids is 2. The van der Waals surface area contributed by atoms with E-state index >= 15 is 0 Å². The lowest BCUT2D eigenvalue weighted by Crippen LogP contribution is -2.52. The van der Waals surface area contributed by atoms with Crippen LogP contribution in [-0.4, -0.2) is 58.3 Å². The van der Waals surface area contributed by atoms with E-state index in [1.807, 2.05) is 30.4 Å². The number of allylic oxidation sites excluding steroid dienone is 3. The first kappa shape index (κ1) is 24.4. The maximum absolute atomic E-state index is 12.9. The highest BCUT2D eigenvalue weighted by Crippen LogP contribution is 2.29. The molecular weight excluding hydrogens is 448 g/mol. The number of aliphatic hydroxyl groups excluding tert-OH is 2. The van der Waals surface area contributed by atoms with Crippen LogP contribution in [0.4, 0.5) is 0 Å². The van der Waals surface area contributed by atoms with Crippen LogP contribution in [0.3, 0.4) is 0 Å². The second-order valence-corrected chi connectivity index (χ2v) is 9.91. The zero-order valence-corrected chi connectivity index (χ0v) is 20.0. The number of thiophene rings is 1. The van der Waals surface area contributed by atoms with Crippen molar-refractivity contribution >= 4 is 23.2 Å². The zero-order chi connectivity index (χ0) is 23.9. The Balaban J connectivity index is 1.25. The van der Waals surface area contributed by atoms with Crippen molar-refractivity contribution in [2.24, 2.45) is 0 Å². The van der Waals surface area contributed by atoms with Gasteiger partial charge in [-0.15, -0.1) is 11.3 Å². The van der Waals surface area contributed by atoms with E-state index in [0.29, 0.717) is 19.5 Å². The number of benzene rings is 1. The van der Waals surface area contributed by atoms with Gasteiger partial charge in [0, 0.05) is 18.0 Å². The van der Waals surface area contributed by atoms with E-state index in [1.54, 1.807) is 16.2 Å². The Labute approximate surface area is 204 Å². The molecule has 0 bridgehead atoms. The molecule has 6 nitrogen and oxygen atoms in total. The lowest BCUT2D eigenvalue weighted by Gasteiger charge is -2.30. The van der Waals surface area contributed by atoms with Crippen LogP contribution >= 0.6 is 11.3 Å². The van der Waals surface area contributed by atoms with Crippen LogP contribution in [0.15, 0.2) is 65.6 Å². The molecule has 4 rings (SSSR count). The number of aliphatic hydroxyl groups is 2. The highest BCUT2D eigenvalue weighted by atomic mass is 32.1. The second kappa shape index (κ2) is 11.6. The van der Waals surface area contributed by atoms with Gasteiger partial charge in [0.2, 0.25) is 0 Å². The fourth-order valence-electron chi connectivity index (χ4n) is 4.66. The molecule has 2 aromatic rings. The van der Waals surface area contributed by atoms with Crippen molar-refractivity contribution in [2.45, 2.75) is 56.8 Å². The number of likely N-dealkylation sites (tertiary alicyclic amines) is 1. The molecule has 0 spiro atoms. The summed E-state index contributed by atoms with van der Waals surface area (Å²) >= 11 is 1.64. The topological polar surface area (TPSA) is 89.9 Å². The van der Waals surface area contributed by atoms with Crippen molar-refractivity contribution in [2.75, 3.05) is 13.1 Å². The molecule has 3 N–H and O–H groups in total. The van der Waals surface area contributed by atoms with E-state index in [1.165, 1.54) is 16.7 Å². The lowest BCUT2D eigenvalue weighted by atomic mass is 9.95. The molecule has 180 valence electrons. The first-order valence-corrected chi connectivity index (χ1v) is 12.8. The standard InChI is InChI=1S/C27H32N2O4S/c30-24(25(31)27(33)29-15-7-12-23(29)21-10-5-2-6-11-21)26(32)28-14-13-22-17-20(18-34-22)16-19-8-3-1-4-9-19/h1-5,8-10,17-18,23-25,30-31H,6-7,11-16H2,(H,28,32)/t23?,24-,25-/m1/s1. The smallest absolute Gasteiger partial charge is 0.255 e. The van der Waals surface area contributed by atoms with Crippen LogP contribution in [0.2, 0.25) is 0 Å². The molecule has 1 aliphatic carbocycles. The van der Waals surface area contributed by atoms with Crippen LogP contribution in [0.1, 0.15) is 41.7 Å². The number of amides is 2. The normalized spacial score (nSPS) is 19.5. The first-order chi connectivity index (χ1) is 16.5. The fraction of sp³-hybridized carbons (Fsp3) is 0.407. The molecule has 2 heterocycles. The van der Waals surface area contributed by atoms with Gasteiger partial charge in [0.15, 0.2) is 12.2 Å². The Kier molecular flexibility index (Phi) is 8.32. The molecule has 34 heavy (non-hydrogen) atoms. The summed E-state index contributed by atoms with van der Waals surface area (Å²) in [5, 5.41) is 25.6. The largest absolute Gasteiger partial charge is 0.380 e. The Bertz CT molecular complexity index is 1050. The third-order valence-corrected chi connectivity index (χ3v) is 7.51. The minimum absolute atomic E-state index is 0.0636. The molecule has 1 aromatic heterocycles. The summed E-state index contributed by atoms with van der Waals surface area (Å²) in [6.45, 7) is 0.854. The maximum Gasteiger partial charge on any atom is 0.255 e. The number of nitrogens with zero attached hydrogens (tertiary/aromatic N) is 1. The van der Waals surface area contributed by atoms with Crippen LogP contribution < -0.4 is 5.32 Å². The van der Waals surface area contributed by atoms with E-state index in [9.17, 15) is 19.8 Å². The molecule has 1 fully saturated rings. The van der Waals surface area contributed by atoms with Gasteiger partial charge in [0.05, 0.1) is 6.04 Å². The predicted octanol–water partition coefficient (Wildman–Crippen LogP) is 2.99. The van der Waals surface area contributed by atoms with E-state index in [-0.39, 0.29) is 6.04 Å². The molecule has 2 aliphatic rings. The zero-order valence-electron chi connectivity index (χ0n) is 19.2. The van der Waals surface area contributed by atoms with E-state index < -0.39 is 24.0 Å². The third kappa shape index (κ3) is 6.03. The summed E-state index contributed by atoms with van der Waals surface area (Å²) in [5.74, 6) is -1.30. The molecule has 7 heteroatoms. The van der Waals surface area contributed by atoms with Gasteiger partial charge in [-0.2, -0.15) is 0 Å². The van der Waals surface area contributed by atoms with Crippen molar-refractivity contribution in [1.29, 1.82) is 0 Å². The van der Waals surface area contributed by atoms with Crippen LogP contribution in [0.5, 0.6) is 0 Å². The third-order valence-electron chi connectivity index (χ3n) is 6.46. The summed E-state index contributed by atoms with van der Waals surface area (Å²) in [5.41, 5.74) is 3.64. The van der Waals surface area contributed by atoms with Gasteiger partial charge in [-0.1, -0.05) is 48.6 Å². The van der Waals surface area contributed by atoms with Crippen molar-refractivity contribution in [1.82, 2.24) is 10.2 Å². The number of carbonyl (C=O) groups is 2. The van der Waals surface area contributed by atoms with E-state index in [2.05, 4.69) is 35.0 Å². The molecule has 1 saturated heterocycles. The van der Waals surface area contributed by atoms with Crippen molar-refractivity contribution in [3.8, 4) is 0 Å². The summed E-state index contributed by atoms with van der Waals surface area (Å²) in [7, 11) is 0. The second-order valence-electron chi connectivity index (χ2n) is 8.91. The number of nitrogens with one attached hydrogen (secondary N) is 1. The summed E-state index contributed by atoms with van der Waals surface area (Å²) < 4.78 is 0. The Morgan fingerprint density at radius 3 is 2.74 bits per heavy atom. The first-order valence-electron chi connectivity index (χ1n) is 11.9. The molecule has 1 aliphatic heterocycles. The van der Waals surface area contributed by atoms with Gasteiger partial charge in [0.25, 0.3) is 11.8 Å². The average molecular weight is 481 g/mol. The summed E-state index contributed by atoms with van der Waals surface area (Å²) in [6.07, 6.45) is 7.57. The summed E-state index contributed by atoms with van der Waals surface area (Å²) in [4.78, 5) is 28.0. The van der Waals surface area contributed by atoms with E-state index in [4.69, 9.17) is 0 Å². The van der Waals surface area contributed by atoms with Gasteiger partial charge >= 0.3 is 0 Å². The van der Waals surface area contributed by atoms with Gasteiger partial charge in [-0.3, -0.25) is 9.59 Å². The molecule has 1 aromatic carbocycles. The Hall–Kier alpha value is -2.74. The fourth-order valence-corrected chi connectivity index (χ4v) is 5.55. The van der Waals surface area contributed by atoms with Gasteiger partial charge in [0.1, 0.15) is 0 Å². The van der Waals surface area contributed by atoms with Gasteiger partial charge in [-0.05, 0) is 66.7 Å². The SMILES string of the molecule is O=C(NCCc1cc(Cc2ccccc2)cs1)[C@H](O)[C@@H](O)C(=O)N1CCCC1C1=CC=CCC1. The van der Waals surface area contributed by atoms with Crippen LogP contribution in [-0.2, 0) is 22.4 Å². The molecular formula is C27H32N2O4S. The Morgan fingerprint density at radius 1 is 1.15 bits per heavy atom.